The molecule has 1 atom stereocenters. The number of hydrogen-bond donors (Lipinski definition) is 2. The molecule has 1 aromatic rings. The molecule has 0 fully saturated rings. The molecule has 0 bridgehead atoms. The van der Waals surface area contributed by atoms with Gasteiger partial charge in [0.1, 0.15) is 6.07 Å². The summed E-state index contributed by atoms with van der Waals surface area (Å²) in [6, 6.07) is 2.94. The minimum Gasteiger partial charge on any atom is -0.388 e. The normalized spacial score (nSPS) is 13.4. The van der Waals surface area contributed by atoms with E-state index in [-0.39, 0.29) is 23.6 Å². The number of nitro groups is 1. The van der Waals surface area contributed by atoms with Crippen LogP contribution in [0.2, 0.25) is 0 Å². The maximum Gasteiger partial charge on any atom is 0.312 e. The SMILES string of the molecule is CCC(C)(O)CNc1ncc(C#N)cc1[N+](=O)[O-]. The van der Waals surface area contributed by atoms with Crippen molar-refractivity contribution >= 4 is 11.5 Å². The number of hydrogen-bond acceptors (Lipinski definition) is 6. The fourth-order valence-electron chi connectivity index (χ4n) is 1.19. The lowest BCUT2D eigenvalue weighted by Gasteiger charge is -2.21. The number of aliphatic hydroxyl groups is 1. The van der Waals surface area contributed by atoms with Gasteiger partial charge in [-0.05, 0) is 13.3 Å². The van der Waals surface area contributed by atoms with Crippen molar-refractivity contribution in [2.24, 2.45) is 0 Å². The van der Waals surface area contributed by atoms with Crippen LogP contribution in [0.3, 0.4) is 0 Å². The summed E-state index contributed by atoms with van der Waals surface area (Å²) in [4.78, 5) is 14.0. The first kappa shape index (κ1) is 13.9. The molecular formula is C11H14N4O3. The van der Waals surface area contributed by atoms with E-state index in [1.807, 2.05) is 6.92 Å². The zero-order valence-electron chi connectivity index (χ0n) is 10.2. The third-order valence-electron chi connectivity index (χ3n) is 2.59. The van der Waals surface area contributed by atoms with Gasteiger partial charge in [-0.25, -0.2) is 4.98 Å². The highest BCUT2D eigenvalue weighted by atomic mass is 16.6. The van der Waals surface area contributed by atoms with Crippen LogP contribution in [0.5, 0.6) is 0 Å². The minimum atomic E-state index is -0.969. The van der Waals surface area contributed by atoms with E-state index in [0.29, 0.717) is 6.42 Å². The van der Waals surface area contributed by atoms with Gasteiger partial charge in [0, 0.05) is 18.8 Å². The van der Waals surface area contributed by atoms with Crippen molar-refractivity contribution in [3.8, 4) is 6.07 Å². The zero-order chi connectivity index (χ0) is 13.8. The van der Waals surface area contributed by atoms with Crippen molar-refractivity contribution < 1.29 is 10.0 Å². The monoisotopic (exact) mass is 250 g/mol. The van der Waals surface area contributed by atoms with E-state index in [0.717, 1.165) is 6.07 Å². The fraction of sp³-hybridized carbons (Fsp3) is 0.455. The number of nitriles is 1. The Morgan fingerprint density at radius 3 is 2.89 bits per heavy atom. The van der Waals surface area contributed by atoms with E-state index in [1.165, 1.54) is 6.20 Å². The number of nitrogens with zero attached hydrogens (tertiary/aromatic N) is 3. The molecule has 0 aliphatic carbocycles. The van der Waals surface area contributed by atoms with Gasteiger partial charge in [0.2, 0.25) is 5.82 Å². The van der Waals surface area contributed by atoms with Crippen molar-refractivity contribution in [3.05, 3.63) is 27.9 Å². The van der Waals surface area contributed by atoms with Crippen molar-refractivity contribution in [2.45, 2.75) is 25.9 Å². The molecule has 0 amide bonds. The second-order valence-corrected chi connectivity index (χ2v) is 4.16. The molecule has 0 aliphatic rings. The summed E-state index contributed by atoms with van der Waals surface area (Å²) in [6.45, 7) is 3.57. The average molecular weight is 250 g/mol. The molecule has 0 radical (unpaired) electrons. The molecule has 1 heterocycles. The van der Waals surface area contributed by atoms with Crippen molar-refractivity contribution in [1.82, 2.24) is 4.98 Å². The van der Waals surface area contributed by atoms with Crippen LogP contribution in [0, 0.1) is 21.4 Å². The van der Waals surface area contributed by atoms with Crippen molar-refractivity contribution in [1.29, 1.82) is 5.26 Å². The quantitative estimate of drug-likeness (QED) is 0.604. The lowest BCUT2D eigenvalue weighted by atomic mass is 10.0. The van der Waals surface area contributed by atoms with Gasteiger partial charge in [0.05, 0.1) is 16.1 Å². The molecule has 0 aliphatic heterocycles. The summed E-state index contributed by atoms with van der Waals surface area (Å²) in [5.41, 5.74) is -1.13. The number of rotatable bonds is 5. The molecule has 96 valence electrons. The zero-order valence-corrected chi connectivity index (χ0v) is 10.2. The third-order valence-corrected chi connectivity index (χ3v) is 2.59. The molecule has 7 nitrogen and oxygen atoms in total. The van der Waals surface area contributed by atoms with Crippen LogP contribution in [0.15, 0.2) is 12.3 Å². The molecule has 1 aromatic heterocycles. The Morgan fingerprint density at radius 1 is 1.72 bits per heavy atom. The molecule has 0 aromatic carbocycles. The molecular weight excluding hydrogens is 236 g/mol. The van der Waals surface area contributed by atoms with Gasteiger partial charge >= 0.3 is 5.69 Å². The summed E-state index contributed by atoms with van der Waals surface area (Å²) in [5.74, 6) is 0.0488. The highest BCUT2D eigenvalue weighted by Crippen LogP contribution is 2.23. The molecule has 0 saturated carbocycles. The summed E-state index contributed by atoms with van der Waals surface area (Å²) in [5, 5.41) is 32.0. The molecule has 7 heteroatoms. The lowest BCUT2D eigenvalue weighted by molar-refractivity contribution is -0.384. The van der Waals surface area contributed by atoms with Gasteiger partial charge in [0.25, 0.3) is 0 Å². The van der Waals surface area contributed by atoms with E-state index in [4.69, 9.17) is 5.26 Å². The van der Waals surface area contributed by atoms with E-state index in [9.17, 15) is 15.2 Å². The summed E-state index contributed by atoms with van der Waals surface area (Å²) >= 11 is 0. The lowest BCUT2D eigenvalue weighted by Crippen LogP contribution is -2.32. The van der Waals surface area contributed by atoms with Gasteiger partial charge in [0.15, 0.2) is 0 Å². The second kappa shape index (κ2) is 5.42. The molecule has 2 N–H and O–H groups in total. The largest absolute Gasteiger partial charge is 0.388 e. The predicted octanol–water partition coefficient (Wildman–Crippen LogP) is 1.43. The first-order valence-corrected chi connectivity index (χ1v) is 5.40. The smallest absolute Gasteiger partial charge is 0.312 e. The van der Waals surface area contributed by atoms with Crippen LogP contribution in [0.4, 0.5) is 11.5 Å². The Morgan fingerprint density at radius 2 is 2.39 bits per heavy atom. The van der Waals surface area contributed by atoms with Gasteiger partial charge in [-0.15, -0.1) is 0 Å². The summed E-state index contributed by atoms with van der Waals surface area (Å²) < 4.78 is 0. The van der Waals surface area contributed by atoms with Gasteiger partial charge in [-0.1, -0.05) is 6.92 Å². The highest BCUT2D eigenvalue weighted by Gasteiger charge is 2.21. The summed E-state index contributed by atoms with van der Waals surface area (Å²) in [6.07, 6.45) is 1.75. The van der Waals surface area contributed by atoms with E-state index in [2.05, 4.69) is 10.3 Å². The Labute approximate surface area is 104 Å². The maximum atomic E-state index is 10.8. The fourth-order valence-corrected chi connectivity index (χ4v) is 1.19. The van der Waals surface area contributed by atoms with E-state index >= 15 is 0 Å². The van der Waals surface area contributed by atoms with Crippen LogP contribution in [0.1, 0.15) is 25.8 Å². The Hall–Kier alpha value is -2.20. The van der Waals surface area contributed by atoms with Crippen LogP contribution in [0.25, 0.3) is 0 Å². The predicted molar refractivity (Wildman–Crippen MR) is 65.0 cm³/mol. The first-order chi connectivity index (χ1) is 8.39. The standard InChI is InChI=1S/C11H14N4O3/c1-3-11(2,16)7-14-10-9(15(17)18)4-8(5-12)6-13-10/h4,6,16H,3,7H2,1-2H3,(H,13,14). The molecule has 1 unspecified atom stereocenters. The molecule has 0 spiro atoms. The molecule has 1 rings (SSSR count). The third kappa shape index (κ3) is 3.40. The van der Waals surface area contributed by atoms with Crippen molar-refractivity contribution in [3.63, 3.8) is 0 Å². The topological polar surface area (TPSA) is 112 Å². The highest BCUT2D eigenvalue weighted by molar-refractivity contribution is 5.58. The average Bonchev–Trinajstić information content (AvgIpc) is 2.36. The van der Waals surface area contributed by atoms with Crippen molar-refractivity contribution in [2.75, 3.05) is 11.9 Å². The Bertz CT molecular complexity index is 494. The van der Waals surface area contributed by atoms with Crippen LogP contribution < -0.4 is 5.32 Å². The maximum absolute atomic E-state index is 10.8. The number of nitrogens with one attached hydrogen (secondary N) is 1. The minimum absolute atomic E-state index is 0.0488. The second-order valence-electron chi connectivity index (χ2n) is 4.16. The first-order valence-electron chi connectivity index (χ1n) is 5.40. The van der Waals surface area contributed by atoms with Crippen LogP contribution in [-0.2, 0) is 0 Å². The molecule has 18 heavy (non-hydrogen) atoms. The van der Waals surface area contributed by atoms with Gasteiger partial charge in [-0.3, -0.25) is 10.1 Å². The van der Waals surface area contributed by atoms with Crippen LogP contribution in [-0.4, -0.2) is 27.2 Å². The van der Waals surface area contributed by atoms with Gasteiger partial charge < -0.3 is 10.4 Å². The van der Waals surface area contributed by atoms with E-state index in [1.54, 1.807) is 13.0 Å². The number of pyridine rings is 1. The molecule has 0 saturated heterocycles. The van der Waals surface area contributed by atoms with Crippen LogP contribution >= 0.6 is 0 Å². The Kier molecular flexibility index (Phi) is 4.18. The van der Waals surface area contributed by atoms with Gasteiger partial charge in [-0.2, -0.15) is 5.26 Å². The number of anilines is 1. The summed E-state index contributed by atoms with van der Waals surface area (Å²) in [7, 11) is 0. The Balaban J connectivity index is 2.96. The van der Waals surface area contributed by atoms with E-state index < -0.39 is 10.5 Å². The number of aromatic nitrogens is 1.